The smallest absolute Gasteiger partial charge is 0.222 e. The van der Waals surface area contributed by atoms with Crippen LogP contribution < -0.4 is 10.1 Å². The van der Waals surface area contributed by atoms with Crippen molar-refractivity contribution in [1.82, 2.24) is 5.32 Å². The van der Waals surface area contributed by atoms with Crippen molar-refractivity contribution in [3.8, 4) is 11.5 Å². The van der Waals surface area contributed by atoms with Crippen molar-refractivity contribution in [2.75, 3.05) is 20.3 Å². The number of aliphatic hydroxyl groups is 1. The monoisotopic (exact) mass is 389 g/mol. The summed E-state index contributed by atoms with van der Waals surface area (Å²) in [7, 11) is 1.62. The average Bonchev–Trinajstić information content (AvgIpc) is 3.15. The number of phenols is 1. The summed E-state index contributed by atoms with van der Waals surface area (Å²) >= 11 is 0. The topological polar surface area (TPSA) is 88.0 Å². The normalized spacial score (nSPS) is 35.4. The van der Waals surface area contributed by atoms with Gasteiger partial charge in [0.05, 0.1) is 19.8 Å². The molecule has 3 aliphatic rings. The van der Waals surface area contributed by atoms with Gasteiger partial charge in [0.15, 0.2) is 0 Å². The van der Waals surface area contributed by atoms with Gasteiger partial charge in [-0.05, 0) is 60.1 Å². The lowest BCUT2D eigenvalue weighted by Crippen LogP contribution is -2.59. The fraction of sp³-hybridized carbons (Fsp3) is 0.682. The van der Waals surface area contributed by atoms with Crippen LogP contribution >= 0.6 is 0 Å². The number of hydrogen-bond acceptors (Lipinski definition) is 5. The Morgan fingerprint density at radius 2 is 2.18 bits per heavy atom. The standard InChI is InChI=1S/C22H31NO5/c1-21(2)13-10-16-19(15-11-14(27-3)4-5-17(15)25)28-9-7-22(16,12-13)20(21)23-18(26)6-8-24/h4-5,11,13,16,19-20,24-25H,6-10,12H2,1-3H3,(H,23,26)/t13-,16-,19-,20+,22?/m1/s1. The number of ether oxygens (including phenoxy) is 2. The summed E-state index contributed by atoms with van der Waals surface area (Å²) < 4.78 is 11.6. The van der Waals surface area contributed by atoms with Crippen molar-refractivity contribution in [3.63, 3.8) is 0 Å². The van der Waals surface area contributed by atoms with Gasteiger partial charge in [-0.3, -0.25) is 4.79 Å². The molecule has 1 unspecified atom stereocenters. The van der Waals surface area contributed by atoms with Crippen LogP contribution in [0.1, 0.15) is 51.2 Å². The fourth-order valence-corrected chi connectivity index (χ4v) is 6.32. The lowest BCUT2D eigenvalue weighted by Gasteiger charge is -2.53. The molecule has 2 bridgehead atoms. The van der Waals surface area contributed by atoms with Crippen molar-refractivity contribution in [2.24, 2.45) is 22.7 Å². The lowest BCUT2D eigenvalue weighted by molar-refractivity contribution is -0.138. The Balaban J connectivity index is 1.69. The fourth-order valence-electron chi connectivity index (χ4n) is 6.32. The predicted octanol–water partition coefficient (Wildman–Crippen LogP) is 2.78. The van der Waals surface area contributed by atoms with Crippen molar-refractivity contribution in [1.29, 1.82) is 0 Å². The highest BCUT2D eigenvalue weighted by Crippen LogP contribution is 2.70. The lowest BCUT2D eigenvalue weighted by atomic mass is 9.58. The number of carbonyl (C=O) groups is 1. The molecule has 6 heteroatoms. The third-order valence-corrected chi connectivity index (χ3v) is 7.69. The van der Waals surface area contributed by atoms with Crippen molar-refractivity contribution < 1.29 is 24.5 Å². The molecule has 28 heavy (non-hydrogen) atoms. The minimum atomic E-state index is -0.206. The maximum absolute atomic E-state index is 12.4. The van der Waals surface area contributed by atoms with Gasteiger partial charge in [0.2, 0.25) is 5.91 Å². The number of aliphatic hydroxyl groups excluding tert-OH is 1. The minimum Gasteiger partial charge on any atom is -0.508 e. The van der Waals surface area contributed by atoms with Crippen LogP contribution in [0.25, 0.3) is 0 Å². The van der Waals surface area contributed by atoms with E-state index in [2.05, 4.69) is 19.2 Å². The number of amides is 1. The molecule has 2 saturated carbocycles. The number of aromatic hydroxyl groups is 1. The maximum Gasteiger partial charge on any atom is 0.222 e. The van der Waals surface area contributed by atoms with E-state index in [1.54, 1.807) is 19.2 Å². The molecule has 3 fully saturated rings. The summed E-state index contributed by atoms with van der Waals surface area (Å²) in [6.45, 7) is 4.97. The van der Waals surface area contributed by atoms with E-state index in [1.165, 1.54) is 0 Å². The molecule has 6 nitrogen and oxygen atoms in total. The van der Waals surface area contributed by atoms with Crippen LogP contribution in [0.3, 0.4) is 0 Å². The summed E-state index contributed by atoms with van der Waals surface area (Å²) in [6, 6.07) is 5.33. The average molecular weight is 389 g/mol. The minimum absolute atomic E-state index is 0.0000712. The SMILES string of the molecule is COc1ccc(O)c([C@H]2OCCC34C[C@@H](C[C@H]23)C(C)(C)[C@@H]4NC(=O)CCO)c1. The summed E-state index contributed by atoms with van der Waals surface area (Å²) in [5.41, 5.74) is 0.728. The zero-order chi connectivity index (χ0) is 20.1. The van der Waals surface area contributed by atoms with E-state index in [9.17, 15) is 9.90 Å². The first kappa shape index (κ1) is 19.5. The second-order valence-corrected chi connectivity index (χ2v) is 9.24. The molecular weight excluding hydrogens is 358 g/mol. The Labute approximate surface area is 166 Å². The van der Waals surface area contributed by atoms with Crippen molar-refractivity contribution in [2.45, 2.75) is 51.7 Å². The second-order valence-electron chi connectivity index (χ2n) is 9.24. The van der Waals surface area contributed by atoms with E-state index in [4.69, 9.17) is 14.6 Å². The van der Waals surface area contributed by atoms with Gasteiger partial charge >= 0.3 is 0 Å². The summed E-state index contributed by atoms with van der Waals surface area (Å²) in [5.74, 6) is 1.57. The molecule has 1 aromatic carbocycles. The van der Waals surface area contributed by atoms with E-state index in [0.29, 0.717) is 18.3 Å². The van der Waals surface area contributed by atoms with Gasteiger partial charge in [0, 0.05) is 24.6 Å². The third kappa shape index (κ3) is 2.80. The van der Waals surface area contributed by atoms with E-state index in [-0.39, 0.29) is 53.6 Å². The molecule has 3 N–H and O–H groups in total. The number of hydrogen-bond donors (Lipinski definition) is 3. The summed E-state index contributed by atoms with van der Waals surface area (Å²) in [5, 5.41) is 22.9. The number of nitrogens with one attached hydrogen (secondary N) is 1. The van der Waals surface area contributed by atoms with Crippen LogP contribution in [0.5, 0.6) is 11.5 Å². The molecular formula is C22H31NO5. The van der Waals surface area contributed by atoms with Crippen LogP contribution in [0, 0.1) is 22.7 Å². The first-order valence-electron chi connectivity index (χ1n) is 10.2. The van der Waals surface area contributed by atoms with E-state index in [1.807, 2.05) is 6.07 Å². The van der Waals surface area contributed by atoms with Crippen LogP contribution in [0.4, 0.5) is 0 Å². The molecule has 0 radical (unpaired) electrons. The maximum atomic E-state index is 12.4. The molecule has 1 heterocycles. The van der Waals surface area contributed by atoms with Crippen molar-refractivity contribution in [3.05, 3.63) is 23.8 Å². The van der Waals surface area contributed by atoms with Gasteiger partial charge in [-0.1, -0.05) is 13.8 Å². The quantitative estimate of drug-likeness (QED) is 0.721. The summed E-state index contributed by atoms with van der Waals surface area (Å²) in [4.78, 5) is 12.4. The predicted molar refractivity (Wildman–Crippen MR) is 104 cm³/mol. The Bertz CT molecular complexity index is 763. The highest BCUT2D eigenvalue weighted by Gasteiger charge is 2.68. The zero-order valence-electron chi connectivity index (χ0n) is 16.9. The van der Waals surface area contributed by atoms with Crippen LogP contribution in [-0.4, -0.2) is 42.5 Å². The first-order chi connectivity index (χ1) is 13.3. The molecule has 1 spiro atoms. The molecule has 5 atom stereocenters. The Kier molecular flexibility index (Phi) is 4.82. The third-order valence-electron chi connectivity index (χ3n) is 7.69. The first-order valence-corrected chi connectivity index (χ1v) is 10.2. The Morgan fingerprint density at radius 3 is 2.89 bits per heavy atom. The van der Waals surface area contributed by atoms with E-state index >= 15 is 0 Å². The molecule has 2 aliphatic carbocycles. The highest BCUT2D eigenvalue weighted by atomic mass is 16.5. The number of phenolic OH excluding ortho intramolecular Hbond substituents is 1. The molecule has 1 amide bonds. The number of fused-ring (bicyclic) bond motifs is 1. The number of benzene rings is 1. The van der Waals surface area contributed by atoms with Gasteiger partial charge in [-0.25, -0.2) is 0 Å². The van der Waals surface area contributed by atoms with Gasteiger partial charge in [-0.15, -0.1) is 0 Å². The second kappa shape index (κ2) is 6.92. The van der Waals surface area contributed by atoms with Gasteiger partial charge < -0.3 is 25.0 Å². The molecule has 0 aromatic heterocycles. The molecule has 1 saturated heterocycles. The van der Waals surface area contributed by atoms with E-state index in [0.717, 1.165) is 24.8 Å². The van der Waals surface area contributed by atoms with Crippen LogP contribution in [0.15, 0.2) is 18.2 Å². The molecule has 1 aliphatic heterocycles. The number of methoxy groups -OCH3 is 1. The van der Waals surface area contributed by atoms with Crippen LogP contribution in [0.2, 0.25) is 0 Å². The number of rotatable bonds is 5. The Hall–Kier alpha value is -1.79. The Morgan fingerprint density at radius 1 is 1.39 bits per heavy atom. The van der Waals surface area contributed by atoms with Gasteiger partial charge in [0.1, 0.15) is 11.5 Å². The van der Waals surface area contributed by atoms with Crippen LogP contribution in [-0.2, 0) is 9.53 Å². The van der Waals surface area contributed by atoms with E-state index < -0.39 is 0 Å². The van der Waals surface area contributed by atoms with Gasteiger partial charge in [-0.2, -0.15) is 0 Å². The summed E-state index contributed by atoms with van der Waals surface area (Å²) in [6.07, 6.45) is 2.93. The molecule has 1 aromatic rings. The largest absolute Gasteiger partial charge is 0.508 e. The molecule has 154 valence electrons. The molecule has 4 rings (SSSR count). The zero-order valence-corrected chi connectivity index (χ0v) is 16.9. The van der Waals surface area contributed by atoms with Gasteiger partial charge in [0.25, 0.3) is 0 Å². The van der Waals surface area contributed by atoms with Crippen molar-refractivity contribution >= 4 is 5.91 Å². The highest BCUT2D eigenvalue weighted by molar-refractivity contribution is 5.76. The number of carbonyl (C=O) groups excluding carboxylic acids is 1.